The van der Waals surface area contributed by atoms with Crippen LogP contribution >= 0.6 is 0 Å². The topological polar surface area (TPSA) is 75.7 Å². The number of amides is 2. The van der Waals surface area contributed by atoms with Crippen LogP contribution < -0.4 is 10.2 Å². The molecule has 1 heterocycles. The van der Waals surface area contributed by atoms with E-state index in [4.69, 9.17) is 4.74 Å². The number of anilines is 1. The van der Waals surface area contributed by atoms with Crippen molar-refractivity contribution in [2.75, 3.05) is 4.90 Å². The number of carbonyl (C=O) groups excluding carboxylic acids is 3. The first-order valence-corrected chi connectivity index (χ1v) is 9.53. The molecule has 0 unspecified atom stereocenters. The third-order valence-electron chi connectivity index (χ3n) is 4.72. The first-order chi connectivity index (χ1) is 13.9. The van der Waals surface area contributed by atoms with E-state index in [1.54, 1.807) is 24.0 Å². The van der Waals surface area contributed by atoms with Gasteiger partial charge in [0, 0.05) is 18.7 Å². The molecule has 6 nitrogen and oxygen atoms in total. The van der Waals surface area contributed by atoms with Gasteiger partial charge >= 0.3 is 5.97 Å². The molecule has 2 amide bonds. The molecule has 0 aromatic heterocycles. The molecular formula is C23H24N2O4. The van der Waals surface area contributed by atoms with Gasteiger partial charge < -0.3 is 15.0 Å². The predicted molar refractivity (Wildman–Crippen MR) is 111 cm³/mol. The molecule has 1 N–H and O–H groups in total. The fourth-order valence-electron chi connectivity index (χ4n) is 3.42. The average Bonchev–Trinajstić information content (AvgIpc) is 3.02. The van der Waals surface area contributed by atoms with Crippen LogP contribution in [-0.4, -0.2) is 29.9 Å². The van der Waals surface area contributed by atoms with E-state index in [2.05, 4.69) is 5.32 Å². The predicted octanol–water partition coefficient (Wildman–Crippen LogP) is 3.07. The molecule has 1 aliphatic heterocycles. The van der Waals surface area contributed by atoms with E-state index in [-0.39, 0.29) is 17.6 Å². The Balaban J connectivity index is 1.76. The van der Waals surface area contributed by atoms with E-state index in [9.17, 15) is 14.4 Å². The highest BCUT2D eigenvalue weighted by molar-refractivity contribution is 6.02. The van der Waals surface area contributed by atoms with E-state index in [0.29, 0.717) is 0 Å². The fraction of sp³-hybridized carbons (Fsp3) is 0.261. The number of ether oxygens (including phenoxy) is 1. The van der Waals surface area contributed by atoms with E-state index < -0.39 is 18.0 Å². The highest BCUT2D eigenvalue weighted by atomic mass is 16.5. The molecule has 29 heavy (non-hydrogen) atoms. The Bertz CT molecular complexity index is 952. The number of esters is 1. The van der Waals surface area contributed by atoms with Crippen LogP contribution in [-0.2, 0) is 25.5 Å². The highest BCUT2D eigenvalue weighted by Gasteiger charge is 2.34. The summed E-state index contributed by atoms with van der Waals surface area (Å²) in [6, 6.07) is 16.8. The number of nitrogens with one attached hydrogen (secondary N) is 1. The number of nitrogens with zero attached hydrogens (tertiary/aromatic N) is 1. The Morgan fingerprint density at radius 1 is 1.10 bits per heavy atom. The molecule has 0 radical (unpaired) electrons. The van der Waals surface area contributed by atoms with Crippen LogP contribution in [0.3, 0.4) is 0 Å². The van der Waals surface area contributed by atoms with Crippen LogP contribution in [0.15, 0.2) is 60.3 Å². The zero-order chi connectivity index (χ0) is 21.0. The Hall–Kier alpha value is -3.41. The van der Waals surface area contributed by atoms with E-state index in [1.807, 2.05) is 49.4 Å². The van der Waals surface area contributed by atoms with Gasteiger partial charge in [-0.1, -0.05) is 48.5 Å². The number of fused-ring (bicyclic) bond motifs is 1. The Morgan fingerprint density at radius 3 is 2.45 bits per heavy atom. The third-order valence-corrected chi connectivity index (χ3v) is 4.72. The minimum absolute atomic E-state index is 0.0155. The van der Waals surface area contributed by atoms with Gasteiger partial charge in [0.2, 0.25) is 5.91 Å². The number of hydrogen-bond donors (Lipinski definition) is 1. The van der Waals surface area contributed by atoms with Crippen molar-refractivity contribution in [1.29, 1.82) is 0 Å². The lowest BCUT2D eigenvalue weighted by Gasteiger charge is -2.26. The first-order valence-electron chi connectivity index (χ1n) is 9.53. The van der Waals surface area contributed by atoms with Gasteiger partial charge in [-0.15, -0.1) is 0 Å². The number of carbonyl (C=O) groups is 3. The largest absolute Gasteiger partial charge is 0.448 e. The van der Waals surface area contributed by atoms with Gasteiger partial charge in [0.15, 0.2) is 6.10 Å². The van der Waals surface area contributed by atoms with Crippen molar-refractivity contribution in [2.24, 2.45) is 0 Å². The number of para-hydroxylation sites is 1. The smallest absolute Gasteiger partial charge is 0.355 e. The number of benzene rings is 2. The zero-order valence-corrected chi connectivity index (χ0v) is 16.7. The third kappa shape index (κ3) is 4.71. The second kappa shape index (κ2) is 8.73. The van der Waals surface area contributed by atoms with E-state index >= 15 is 0 Å². The molecular weight excluding hydrogens is 368 g/mol. The van der Waals surface area contributed by atoms with Crippen LogP contribution in [0.1, 0.15) is 31.9 Å². The summed E-state index contributed by atoms with van der Waals surface area (Å²) < 4.78 is 5.41. The molecule has 2 atom stereocenters. The summed E-state index contributed by atoms with van der Waals surface area (Å²) in [4.78, 5) is 38.9. The summed E-state index contributed by atoms with van der Waals surface area (Å²) in [5.74, 6) is -1.45. The molecule has 2 aromatic rings. The quantitative estimate of drug-likeness (QED) is 0.627. The molecule has 2 aromatic carbocycles. The van der Waals surface area contributed by atoms with Gasteiger partial charge in [0.25, 0.3) is 5.91 Å². The molecule has 0 saturated heterocycles. The van der Waals surface area contributed by atoms with Crippen LogP contribution in [0.25, 0.3) is 6.08 Å². The first kappa shape index (κ1) is 20.3. The summed E-state index contributed by atoms with van der Waals surface area (Å²) in [6.45, 7) is 4.82. The van der Waals surface area contributed by atoms with Gasteiger partial charge in [-0.3, -0.25) is 9.59 Å². The van der Waals surface area contributed by atoms with Crippen molar-refractivity contribution in [1.82, 2.24) is 5.32 Å². The molecule has 0 aliphatic carbocycles. The fourth-order valence-corrected chi connectivity index (χ4v) is 3.42. The average molecular weight is 392 g/mol. The summed E-state index contributed by atoms with van der Waals surface area (Å²) >= 11 is 0. The van der Waals surface area contributed by atoms with Gasteiger partial charge in [-0.05, 0) is 43.5 Å². The van der Waals surface area contributed by atoms with Gasteiger partial charge in [-0.25, -0.2) is 4.79 Å². The van der Waals surface area contributed by atoms with Crippen molar-refractivity contribution in [3.8, 4) is 0 Å². The van der Waals surface area contributed by atoms with Crippen LogP contribution in [0.4, 0.5) is 5.69 Å². The lowest BCUT2D eigenvalue weighted by atomic mass is 10.1. The standard InChI is InChI=1S/C23H24N2O4/c1-15-13-19-11-7-8-12-21(19)25(15)22(27)16(2)29-23(28)20(24-17(3)26)14-18-9-5-4-6-10-18/h4-12,14-16H,13H2,1-3H3,(H,24,26)/b20-14-/t15-,16-/m0/s1. The molecule has 0 bridgehead atoms. The summed E-state index contributed by atoms with van der Waals surface area (Å²) in [7, 11) is 0. The molecule has 3 rings (SSSR count). The minimum Gasteiger partial charge on any atom is -0.448 e. The lowest BCUT2D eigenvalue weighted by molar-refractivity contribution is -0.150. The molecule has 150 valence electrons. The Labute approximate surface area is 170 Å². The van der Waals surface area contributed by atoms with Gasteiger partial charge in [0.05, 0.1) is 0 Å². The van der Waals surface area contributed by atoms with Crippen molar-refractivity contribution in [3.05, 3.63) is 71.4 Å². The molecule has 1 aliphatic rings. The maximum Gasteiger partial charge on any atom is 0.355 e. The van der Waals surface area contributed by atoms with Gasteiger partial charge in [0.1, 0.15) is 5.70 Å². The molecule has 0 spiro atoms. The van der Waals surface area contributed by atoms with Crippen molar-refractivity contribution >= 4 is 29.5 Å². The Morgan fingerprint density at radius 2 is 1.76 bits per heavy atom. The number of hydrogen-bond acceptors (Lipinski definition) is 4. The maximum absolute atomic E-state index is 13.0. The monoisotopic (exact) mass is 392 g/mol. The van der Waals surface area contributed by atoms with Crippen LogP contribution in [0.5, 0.6) is 0 Å². The zero-order valence-electron chi connectivity index (χ0n) is 16.7. The highest BCUT2D eigenvalue weighted by Crippen LogP contribution is 2.32. The minimum atomic E-state index is -0.996. The Kier molecular flexibility index (Phi) is 6.12. The normalized spacial score (nSPS) is 16.7. The second-order valence-corrected chi connectivity index (χ2v) is 7.09. The SMILES string of the molecule is CC(=O)N/C(=C\c1ccccc1)C(=O)O[C@@H](C)C(=O)N1c2ccccc2C[C@@H]1C. The molecule has 0 fully saturated rings. The summed E-state index contributed by atoms with van der Waals surface area (Å²) in [5, 5.41) is 2.49. The maximum atomic E-state index is 13.0. The van der Waals surface area contributed by atoms with Crippen LogP contribution in [0, 0.1) is 0 Å². The van der Waals surface area contributed by atoms with Crippen molar-refractivity contribution in [2.45, 2.75) is 39.3 Å². The van der Waals surface area contributed by atoms with E-state index in [0.717, 1.165) is 23.2 Å². The summed E-state index contributed by atoms with van der Waals surface area (Å²) in [5.41, 5.74) is 2.65. The van der Waals surface area contributed by atoms with Crippen molar-refractivity contribution in [3.63, 3.8) is 0 Å². The van der Waals surface area contributed by atoms with Crippen molar-refractivity contribution < 1.29 is 19.1 Å². The summed E-state index contributed by atoms with van der Waals surface area (Å²) in [6.07, 6.45) is 1.28. The molecule has 6 heteroatoms. The molecule has 0 saturated carbocycles. The van der Waals surface area contributed by atoms with E-state index in [1.165, 1.54) is 13.0 Å². The number of rotatable bonds is 5. The van der Waals surface area contributed by atoms with Gasteiger partial charge in [-0.2, -0.15) is 0 Å². The van der Waals surface area contributed by atoms with Crippen LogP contribution in [0.2, 0.25) is 0 Å². The second-order valence-electron chi connectivity index (χ2n) is 7.09. The lowest BCUT2D eigenvalue weighted by Crippen LogP contribution is -2.43.